The molecule has 0 amide bonds. The zero-order valence-electron chi connectivity index (χ0n) is 24.2. The number of phenols is 1. The molecule has 0 aromatic heterocycles. The van der Waals surface area contributed by atoms with E-state index in [-0.39, 0.29) is 43.3 Å². The number of ether oxygens (including phenoxy) is 1. The molecule has 0 bridgehead atoms. The molecular formula is C31H56CaO4. The van der Waals surface area contributed by atoms with Gasteiger partial charge in [-0.1, -0.05) is 72.6 Å². The van der Waals surface area contributed by atoms with Crippen molar-refractivity contribution in [1.29, 1.82) is 0 Å². The molecule has 2 rings (SSSR count). The molecule has 206 valence electrons. The molecule has 0 spiro atoms. The molecule has 36 heavy (non-hydrogen) atoms. The van der Waals surface area contributed by atoms with E-state index in [2.05, 4.69) is 41.5 Å². The Kier molecular flexibility index (Phi) is 17.0. The van der Waals surface area contributed by atoms with Crippen LogP contribution in [0.1, 0.15) is 128 Å². The van der Waals surface area contributed by atoms with E-state index >= 15 is 0 Å². The van der Waals surface area contributed by atoms with Gasteiger partial charge in [0, 0.05) is 12.5 Å². The molecule has 5 heteroatoms. The second kappa shape index (κ2) is 17.2. The summed E-state index contributed by atoms with van der Waals surface area (Å²) in [6, 6.07) is 0. The summed E-state index contributed by atoms with van der Waals surface area (Å²) < 4.78 is 6.60. The first-order valence-corrected chi connectivity index (χ1v) is 14.0. The fourth-order valence-electron chi connectivity index (χ4n) is 5.27. The van der Waals surface area contributed by atoms with Gasteiger partial charge in [-0.15, -0.1) is 0 Å². The van der Waals surface area contributed by atoms with Gasteiger partial charge in [-0.25, -0.2) is 0 Å². The van der Waals surface area contributed by atoms with E-state index in [1.165, 1.54) is 56.9 Å². The van der Waals surface area contributed by atoms with Gasteiger partial charge in [0.15, 0.2) is 0 Å². The number of hydrogen-bond donors (Lipinski definition) is 2. The summed E-state index contributed by atoms with van der Waals surface area (Å²) in [5.74, 6) is 3.20. The summed E-state index contributed by atoms with van der Waals surface area (Å²) in [5, 5.41) is 17.8. The monoisotopic (exact) mass is 532 g/mol. The van der Waals surface area contributed by atoms with E-state index < -0.39 is 5.97 Å². The van der Waals surface area contributed by atoms with Gasteiger partial charge >= 0.3 is 37.7 Å². The van der Waals surface area contributed by atoms with E-state index in [0.717, 1.165) is 66.4 Å². The number of phenolic OH excluding ortho intramolecular Hbond substituents is 1. The van der Waals surface area contributed by atoms with E-state index in [1.807, 2.05) is 13.8 Å². The van der Waals surface area contributed by atoms with Crippen LogP contribution >= 0.6 is 0 Å². The maximum absolute atomic E-state index is 10.4. The van der Waals surface area contributed by atoms with E-state index in [4.69, 9.17) is 14.6 Å². The Labute approximate surface area is 252 Å². The first-order valence-electron chi connectivity index (χ1n) is 14.0. The van der Waals surface area contributed by atoms with Crippen molar-refractivity contribution in [2.24, 2.45) is 17.8 Å². The molecule has 1 aromatic carbocycles. The zero-order chi connectivity index (χ0) is 26.8. The summed E-state index contributed by atoms with van der Waals surface area (Å²) in [6.45, 7) is 19.0. The Morgan fingerprint density at radius 1 is 0.889 bits per heavy atom. The summed E-state index contributed by atoms with van der Waals surface area (Å²) in [5.41, 5.74) is 4.23. The molecule has 1 heterocycles. The van der Waals surface area contributed by atoms with Crippen LogP contribution in [-0.2, 0) is 11.2 Å². The summed E-state index contributed by atoms with van der Waals surface area (Å²) in [7, 11) is 0. The van der Waals surface area contributed by atoms with Gasteiger partial charge in [0.25, 0.3) is 5.97 Å². The van der Waals surface area contributed by atoms with Crippen LogP contribution in [-0.4, -0.2) is 59.5 Å². The van der Waals surface area contributed by atoms with Crippen LogP contribution in [0, 0.1) is 38.5 Å². The van der Waals surface area contributed by atoms with Crippen LogP contribution in [0.15, 0.2) is 0 Å². The van der Waals surface area contributed by atoms with Crippen LogP contribution in [0.2, 0.25) is 0 Å². The summed E-state index contributed by atoms with van der Waals surface area (Å²) >= 11 is 0. The molecule has 0 aliphatic carbocycles. The fraction of sp³-hybridized carbons (Fsp3) is 0.774. The van der Waals surface area contributed by atoms with Gasteiger partial charge < -0.3 is 14.9 Å². The zero-order valence-corrected chi connectivity index (χ0v) is 24.2. The van der Waals surface area contributed by atoms with Crippen molar-refractivity contribution in [3.8, 4) is 11.5 Å². The first-order chi connectivity index (χ1) is 16.3. The number of hydrogen-bond acceptors (Lipinski definition) is 3. The molecule has 4 nitrogen and oxygen atoms in total. The SMILES string of the molecule is CC(=O)O.Cc1c(C)c2c(c(C)c1O)CC[C@@](C)(CCC[C@H](C)CCC[C@H](C)CCCC(C)C)O2.[CaH2]. The third-order valence-corrected chi connectivity index (χ3v) is 7.87. The number of rotatable bonds is 12. The second-order valence-corrected chi connectivity index (χ2v) is 12.0. The molecule has 0 unspecified atom stereocenters. The van der Waals surface area contributed by atoms with Crippen LogP contribution in [0.25, 0.3) is 0 Å². The number of carbonyl (C=O) groups is 1. The van der Waals surface area contributed by atoms with Crippen LogP contribution < -0.4 is 4.74 Å². The van der Waals surface area contributed by atoms with Gasteiger partial charge in [-0.2, -0.15) is 0 Å². The van der Waals surface area contributed by atoms with Crippen molar-refractivity contribution in [3.63, 3.8) is 0 Å². The number of aliphatic carboxylic acids is 1. The van der Waals surface area contributed by atoms with Crippen molar-refractivity contribution in [2.75, 3.05) is 0 Å². The number of benzene rings is 1. The van der Waals surface area contributed by atoms with Crippen molar-refractivity contribution < 1.29 is 19.7 Å². The molecule has 1 aromatic rings. The van der Waals surface area contributed by atoms with E-state index in [9.17, 15) is 5.11 Å². The molecule has 0 saturated carbocycles. The molecule has 1 aliphatic rings. The number of carboxylic acids is 1. The summed E-state index contributed by atoms with van der Waals surface area (Å²) in [6.07, 6.45) is 14.1. The van der Waals surface area contributed by atoms with Crippen molar-refractivity contribution >= 4 is 43.7 Å². The normalized spacial score (nSPS) is 18.3. The molecule has 0 fully saturated rings. The first kappa shape index (κ1) is 35.5. The third kappa shape index (κ3) is 12.4. The predicted molar refractivity (Wildman–Crippen MR) is 156 cm³/mol. The molecule has 1 aliphatic heterocycles. The average Bonchev–Trinajstić information content (AvgIpc) is 2.75. The van der Waals surface area contributed by atoms with Crippen LogP contribution in [0.5, 0.6) is 11.5 Å². The van der Waals surface area contributed by atoms with Crippen LogP contribution in [0.4, 0.5) is 0 Å². The molecule has 3 atom stereocenters. The standard InChI is InChI=1S/C29H50O2.C2H4O2.Ca.2H/c1-20(2)12-9-13-21(3)14-10-15-22(4)16-11-18-29(8)19-17-26-25(7)27(30)23(5)24(6)28(26)31-29;1-2(3)4;;;/h20-22,30H,9-19H2,1-8H3;1H3,(H,3,4);;;/t21-,22-,29-;;;;/m1..../s1. The maximum atomic E-state index is 10.4. The number of aromatic hydroxyl groups is 1. The Morgan fingerprint density at radius 3 is 1.86 bits per heavy atom. The van der Waals surface area contributed by atoms with E-state index in [0.29, 0.717) is 5.75 Å². The average molecular weight is 533 g/mol. The Balaban J connectivity index is 0.00000227. The minimum absolute atomic E-state index is 0. The Hall–Kier alpha value is -0.450. The quantitative estimate of drug-likeness (QED) is 0.268. The number of carboxylic acid groups (broad SMARTS) is 1. The Morgan fingerprint density at radius 2 is 1.36 bits per heavy atom. The predicted octanol–water partition coefficient (Wildman–Crippen LogP) is 8.01. The van der Waals surface area contributed by atoms with Crippen molar-refractivity contribution in [1.82, 2.24) is 0 Å². The Bertz CT molecular complexity index is 801. The van der Waals surface area contributed by atoms with E-state index in [1.54, 1.807) is 0 Å². The van der Waals surface area contributed by atoms with Crippen molar-refractivity contribution in [2.45, 2.75) is 139 Å². The molecular weight excluding hydrogens is 476 g/mol. The second-order valence-electron chi connectivity index (χ2n) is 12.0. The molecule has 0 saturated heterocycles. The van der Waals surface area contributed by atoms with Gasteiger partial charge in [0.1, 0.15) is 17.1 Å². The van der Waals surface area contributed by atoms with Gasteiger partial charge in [0.05, 0.1) is 0 Å². The topological polar surface area (TPSA) is 66.8 Å². The third-order valence-electron chi connectivity index (χ3n) is 7.87. The molecule has 2 N–H and O–H groups in total. The van der Waals surface area contributed by atoms with Gasteiger partial charge in [-0.3, -0.25) is 4.79 Å². The number of fused-ring (bicyclic) bond motifs is 1. The van der Waals surface area contributed by atoms with Gasteiger partial charge in [0.2, 0.25) is 0 Å². The molecule has 0 radical (unpaired) electrons. The van der Waals surface area contributed by atoms with Gasteiger partial charge in [-0.05, 0) is 87.8 Å². The fourth-order valence-corrected chi connectivity index (χ4v) is 5.27. The van der Waals surface area contributed by atoms with Crippen LogP contribution in [0.3, 0.4) is 0 Å². The summed E-state index contributed by atoms with van der Waals surface area (Å²) in [4.78, 5) is 9.00. The van der Waals surface area contributed by atoms with Crippen molar-refractivity contribution in [3.05, 3.63) is 22.3 Å². The minimum atomic E-state index is -0.833.